The third kappa shape index (κ3) is 3.22. The maximum atomic E-state index is 12.3. The Morgan fingerprint density at radius 2 is 1.85 bits per heavy atom. The van der Waals surface area contributed by atoms with Crippen LogP contribution in [0.4, 0.5) is 0 Å². The summed E-state index contributed by atoms with van der Waals surface area (Å²) in [5, 5.41) is 2.84. The van der Waals surface area contributed by atoms with Crippen molar-refractivity contribution in [3.8, 4) is 11.5 Å². The minimum atomic E-state index is -0.657. The summed E-state index contributed by atoms with van der Waals surface area (Å²) in [4.78, 5) is 26.4. The first-order valence-electron chi connectivity index (χ1n) is 8.78. The maximum Gasteiger partial charge on any atom is 0.260 e. The number of amides is 2. The van der Waals surface area contributed by atoms with Gasteiger partial charge in [0.15, 0.2) is 6.61 Å². The molecule has 2 heterocycles. The van der Waals surface area contributed by atoms with Crippen molar-refractivity contribution in [3.05, 3.63) is 59.7 Å². The fourth-order valence-electron chi connectivity index (χ4n) is 3.28. The highest BCUT2D eigenvalue weighted by molar-refractivity contribution is 5.98. The van der Waals surface area contributed by atoms with E-state index in [2.05, 4.69) is 5.32 Å². The second kappa shape index (κ2) is 7.07. The van der Waals surface area contributed by atoms with Gasteiger partial charge in [0.1, 0.15) is 11.5 Å². The number of fused-ring (bicyclic) bond motifs is 1. The van der Waals surface area contributed by atoms with Crippen LogP contribution < -0.4 is 14.8 Å². The summed E-state index contributed by atoms with van der Waals surface area (Å²) in [6, 6.07) is 14.4. The lowest BCUT2D eigenvalue weighted by Crippen LogP contribution is -2.37. The SMILES string of the molecule is O=C1NC(c2ccccc2OCC(=O)N2CCCC2)Oc2ccccc21. The lowest BCUT2D eigenvalue weighted by Gasteiger charge is -2.28. The number of hydrogen-bond acceptors (Lipinski definition) is 4. The number of likely N-dealkylation sites (tertiary alicyclic amines) is 1. The average molecular weight is 352 g/mol. The third-order valence-electron chi connectivity index (χ3n) is 4.65. The number of nitrogens with one attached hydrogen (secondary N) is 1. The molecule has 1 atom stereocenters. The van der Waals surface area contributed by atoms with E-state index in [-0.39, 0.29) is 18.4 Å². The van der Waals surface area contributed by atoms with Gasteiger partial charge in [-0.2, -0.15) is 0 Å². The van der Waals surface area contributed by atoms with Gasteiger partial charge in [0.25, 0.3) is 11.8 Å². The molecule has 0 aliphatic carbocycles. The van der Waals surface area contributed by atoms with E-state index >= 15 is 0 Å². The van der Waals surface area contributed by atoms with Gasteiger partial charge in [-0.15, -0.1) is 0 Å². The first kappa shape index (κ1) is 16.4. The van der Waals surface area contributed by atoms with E-state index in [9.17, 15) is 9.59 Å². The standard InChI is InChI=1S/C20H20N2O4/c23-18(22-11-5-6-12-22)13-25-16-9-3-2-8-15(16)20-21-19(24)14-7-1-4-10-17(14)26-20/h1-4,7-10,20H,5-6,11-13H2,(H,21,24). The molecule has 1 saturated heterocycles. The first-order valence-corrected chi connectivity index (χ1v) is 8.78. The molecule has 2 aliphatic rings. The molecule has 4 rings (SSSR count). The summed E-state index contributed by atoms with van der Waals surface area (Å²) in [7, 11) is 0. The van der Waals surface area contributed by atoms with Gasteiger partial charge in [-0.1, -0.05) is 24.3 Å². The number of nitrogens with zero attached hydrogens (tertiary/aromatic N) is 1. The highest BCUT2D eigenvalue weighted by atomic mass is 16.5. The Hall–Kier alpha value is -3.02. The smallest absolute Gasteiger partial charge is 0.260 e. The Morgan fingerprint density at radius 1 is 1.12 bits per heavy atom. The van der Waals surface area contributed by atoms with Crippen molar-refractivity contribution in [3.63, 3.8) is 0 Å². The van der Waals surface area contributed by atoms with Gasteiger partial charge >= 0.3 is 0 Å². The molecule has 2 aliphatic heterocycles. The summed E-state index contributed by atoms with van der Waals surface area (Å²) in [5.41, 5.74) is 1.19. The summed E-state index contributed by atoms with van der Waals surface area (Å²) < 4.78 is 11.7. The van der Waals surface area contributed by atoms with E-state index in [0.29, 0.717) is 22.6 Å². The molecule has 1 N–H and O–H groups in total. The Morgan fingerprint density at radius 3 is 2.69 bits per heavy atom. The minimum absolute atomic E-state index is 0.0174. The highest BCUT2D eigenvalue weighted by Crippen LogP contribution is 2.32. The molecular formula is C20H20N2O4. The zero-order chi connectivity index (χ0) is 17.9. The van der Waals surface area contributed by atoms with Gasteiger partial charge < -0.3 is 19.7 Å². The molecule has 2 aromatic carbocycles. The molecule has 6 nitrogen and oxygen atoms in total. The largest absolute Gasteiger partial charge is 0.483 e. The second-order valence-corrected chi connectivity index (χ2v) is 6.38. The zero-order valence-corrected chi connectivity index (χ0v) is 14.3. The summed E-state index contributed by atoms with van der Waals surface area (Å²) in [5.74, 6) is 0.852. The molecule has 134 valence electrons. The van der Waals surface area contributed by atoms with Crippen LogP contribution in [0, 0.1) is 0 Å². The van der Waals surface area contributed by atoms with Gasteiger partial charge in [-0.3, -0.25) is 9.59 Å². The molecule has 2 aromatic rings. The zero-order valence-electron chi connectivity index (χ0n) is 14.3. The molecule has 0 spiro atoms. The number of para-hydroxylation sites is 2. The van der Waals surface area contributed by atoms with Crippen LogP contribution in [-0.2, 0) is 4.79 Å². The lowest BCUT2D eigenvalue weighted by molar-refractivity contribution is -0.132. The van der Waals surface area contributed by atoms with Crippen LogP contribution in [-0.4, -0.2) is 36.4 Å². The molecule has 0 radical (unpaired) electrons. The average Bonchev–Trinajstić information content (AvgIpc) is 3.21. The van der Waals surface area contributed by atoms with Crippen molar-refractivity contribution in [2.75, 3.05) is 19.7 Å². The molecular weight excluding hydrogens is 332 g/mol. The number of rotatable bonds is 4. The number of benzene rings is 2. The summed E-state index contributed by atoms with van der Waals surface area (Å²) >= 11 is 0. The fourth-order valence-corrected chi connectivity index (χ4v) is 3.28. The molecule has 0 saturated carbocycles. The van der Waals surface area contributed by atoms with Gasteiger partial charge in [0.05, 0.1) is 11.1 Å². The Labute approximate surface area is 151 Å². The second-order valence-electron chi connectivity index (χ2n) is 6.38. The first-order chi connectivity index (χ1) is 12.7. The topological polar surface area (TPSA) is 67.9 Å². The van der Waals surface area contributed by atoms with Crippen molar-refractivity contribution < 1.29 is 19.1 Å². The highest BCUT2D eigenvalue weighted by Gasteiger charge is 2.28. The van der Waals surface area contributed by atoms with Gasteiger partial charge in [0, 0.05) is 13.1 Å². The summed E-state index contributed by atoms with van der Waals surface area (Å²) in [6.45, 7) is 1.57. The van der Waals surface area contributed by atoms with E-state index < -0.39 is 6.23 Å². The van der Waals surface area contributed by atoms with E-state index in [1.807, 2.05) is 29.2 Å². The van der Waals surface area contributed by atoms with Crippen LogP contribution >= 0.6 is 0 Å². The molecule has 6 heteroatoms. The van der Waals surface area contributed by atoms with Crippen LogP contribution in [0.1, 0.15) is 35.0 Å². The van der Waals surface area contributed by atoms with Crippen LogP contribution in [0.2, 0.25) is 0 Å². The Bertz CT molecular complexity index is 830. The van der Waals surface area contributed by atoms with Crippen molar-refractivity contribution in [2.24, 2.45) is 0 Å². The monoisotopic (exact) mass is 352 g/mol. The van der Waals surface area contributed by atoms with Crippen molar-refractivity contribution in [1.29, 1.82) is 0 Å². The Kier molecular flexibility index (Phi) is 4.48. The summed E-state index contributed by atoms with van der Waals surface area (Å²) in [6.07, 6.45) is 1.43. The van der Waals surface area contributed by atoms with Crippen LogP contribution in [0.25, 0.3) is 0 Å². The van der Waals surface area contributed by atoms with Crippen molar-refractivity contribution in [1.82, 2.24) is 10.2 Å². The Balaban J connectivity index is 1.51. The van der Waals surface area contributed by atoms with Gasteiger partial charge in [0.2, 0.25) is 6.23 Å². The molecule has 26 heavy (non-hydrogen) atoms. The molecule has 1 unspecified atom stereocenters. The van der Waals surface area contributed by atoms with Gasteiger partial charge in [-0.05, 0) is 37.1 Å². The molecule has 2 amide bonds. The third-order valence-corrected chi connectivity index (χ3v) is 4.65. The van der Waals surface area contributed by atoms with Gasteiger partial charge in [-0.25, -0.2) is 0 Å². The van der Waals surface area contributed by atoms with E-state index in [4.69, 9.17) is 9.47 Å². The lowest BCUT2D eigenvalue weighted by atomic mass is 10.1. The minimum Gasteiger partial charge on any atom is -0.483 e. The number of carbonyl (C=O) groups is 2. The van der Waals surface area contributed by atoms with Crippen LogP contribution in [0.5, 0.6) is 11.5 Å². The number of hydrogen-bond donors (Lipinski definition) is 1. The molecule has 0 bridgehead atoms. The fraction of sp³-hybridized carbons (Fsp3) is 0.300. The predicted octanol–water partition coefficient (Wildman–Crippen LogP) is 2.51. The van der Waals surface area contributed by atoms with E-state index in [1.165, 1.54) is 0 Å². The normalized spacial score (nSPS) is 18.7. The van der Waals surface area contributed by atoms with Crippen LogP contribution in [0.3, 0.4) is 0 Å². The number of ether oxygens (including phenoxy) is 2. The maximum absolute atomic E-state index is 12.3. The van der Waals surface area contributed by atoms with Crippen molar-refractivity contribution in [2.45, 2.75) is 19.1 Å². The number of carbonyl (C=O) groups excluding carboxylic acids is 2. The molecule has 0 aromatic heterocycles. The predicted molar refractivity (Wildman–Crippen MR) is 95.0 cm³/mol. The van der Waals surface area contributed by atoms with Crippen molar-refractivity contribution >= 4 is 11.8 Å². The quantitative estimate of drug-likeness (QED) is 0.918. The molecule has 1 fully saturated rings. The van der Waals surface area contributed by atoms with E-state index in [0.717, 1.165) is 25.9 Å². The van der Waals surface area contributed by atoms with E-state index in [1.54, 1.807) is 24.3 Å². The van der Waals surface area contributed by atoms with Crippen LogP contribution in [0.15, 0.2) is 48.5 Å².